The maximum atomic E-state index is 9.47. The summed E-state index contributed by atoms with van der Waals surface area (Å²) in [5.74, 6) is 0.923. The molecule has 0 fully saturated rings. The number of benzene rings is 1. The summed E-state index contributed by atoms with van der Waals surface area (Å²) in [6.07, 6.45) is 1.90. The molecule has 0 bridgehead atoms. The van der Waals surface area contributed by atoms with Gasteiger partial charge in [-0.15, -0.1) is 10.2 Å². The van der Waals surface area contributed by atoms with Crippen molar-refractivity contribution in [3.8, 4) is 17.1 Å². The van der Waals surface area contributed by atoms with Gasteiger partial charge in [-0.2, -0.15) is 0 Å². The first-order valence-electron chi connectivity index (χ1n) is 5.04. The summed E-state index contributed by atoms with van der Waals surface area (Å²) in [7, 11) is 0. The van der Waals surface area contributed by atoms with Crippen molar-refractivity contribution in [2.75, 3.05) is 0 Å². The van der Waals surface area contributed by atoms with E-state index in [1.54, 1.807) is 18.2 Å². The molecule has 5 heteroatoms. The van der Waals surface area contributed by atoms with Gasteiger partial charge in [0.1, 0.15) is 5.75 Å². The molecule has 17 heavy (non-hydrogen) atoms. The second-order valence-corrected chi connectivity index (χ2v) is 4.57. The Morgan fingerprint density at radius 2 is 2.00 bits per heavy atom. The predicted octanol–water partition coefficient (Wildman–Crippen LogP) is 2.86. The summed E-state index contributed by atoms with van der Waals surface area (Å²) in [6, 6.07) is 10.8. The van der Waals surface area contributed by atoms with Crippen LogP contribution in [0.4, 0.5) is 0 Å². The van der Waals surface area contributed by atoms with Crippen molar-refractivity contribution in [2.45, 2.75) is 0 Å². The van der Waals surface area contributed by atoms with Gasteiger partial charge in [-0.05, 0) is 40.2 Å². The van der Waals surface area contributed by atoms with Gasteiger partial charge in [0.15, 0.2) is 11.5 Å². The number of hydrogen-bond acceptors (Lipinski definition) is 3. The van der Waals surface area contributed by atoms with E-state index in [-0.39, 0.29) is 5.75 Å². The van der Waals surface area contributed by atoms with E-state index in [9.17, 15) is 5.11 Å². The van der Waals surface area contributed by atoms with Crippen molar-refractivity contribution >= 4 is 21.6 Å². The quantitative estimate of drug-likeness (QED) is 0.749. The molecule has 4 nitrogen and oxygen atoms in total. The van der Waals surface area contributed by atoms with Crippen molar-refractivity contribution in [2.24, 2.45) is 0 Å². The minimum absolute atomic E-state index is 0.217. The number of halogens is 1. The molecule has 0 saturated heterocycles. The van der Waals surface area contributed by atoms with Crippen molar-refractivity contribution in [3.05, 3.63) is 47.1 Å². The number of aromatic hydroxyl groups is 1. The average Bonchev–Trinajstić information content (AvgIpc) is 2.71. The Balaban J connectivity index is 2.27. The fourth-order valence-electron chi connectivity index (χ4n) is 1.71. The van der Waals surface area contributed by atoms with Gasteiger partial charge in [0.2, 0.25) is 0 Å². The van der Waals surface area contributed by atoms with Crippen molar-refractivity contribution < 1.29 is 5.11 Å². The molecule has 3 aromatic rings. The number of pyridine rings is 1. The molecule has 1 aromatic carbocycles. The van der Waals surface area contributed by atoms with Crippen LogP contribution in [0.15, 0.2) is 47.1 Å². The van der Waals surface area contributed by atoms with Gasteiger partial charge >= 0.3 is 0 Å². The SMILES string of the molecule is Oc1cccc(-c2nnc3ccc(Br)cn23)c1. The second kappa shape index (κ2) is 3.85. The van der Waals surface area contributed by atoms with E-state index in [4.69, 9.17) is 0 Å². The number of hydrogen-bond donors (Lipinski definition) is 1. The minimum Gasteiger partial charge on any atom is -0.508 e. The zero-order chi connectivity index (χ0) is 11.8. The molecule has 0 aliphatic heterocycles. The van der Waals surface area contributed by atoms with Gasteiger partial charge in [0, 0.05) is 16.2 Å². The van der Waals surface area contributed by atoms with E-state index in [1.165, 1.54) is 0 Å². The molecule has 0 saturated carbocycles. The molecule has 0 atom stereocenters. The fourth-order valence-corrected chi connectivity index (χ4v) is 2.04. The second-order valence-electron chi connectivity index (χ2n) is 3.65. The highest BCUT2D eigenvalue weighted by molar-refractivity contribution is 9.10. The Kier molecular flexibility index (Phi) is 2.33. The lowest BCUT2D eigenvalue weighted by Gasteiger charge is -2.01. The highest BCUT2D eigenvalue weighted by atomic mass is 79.9. The maximum absolute atomic E-state index is 9.47. The third-order valence-corrected chi connectivity index (χ3v) is 2.94. The van der Waals surface area contributed by atoms with Gasteiger partial charge in [0.25, 0.3) is 0 Å². The maximum Gasteiger partial charge on any atom is 0.168 e. The smallest absolute Gasteiger partial charge is 0.168 e. The Bertz CT molecular complexity index is 693. The predicted molar refractivity (Wildman–Crippen MR) is 67.8 cm³/mol. The molecular formula is C12H8BrN3O. The molecule has 84 valence electrons. The summed E-state index contributed by atoms with van der Waals surface area (Å²) in [6.45, 7) is 0. The number of fused-ring (bicyclic) bond motifs is 1. The lowest BCUT2D eigenvalue weighted by molar-refractivity contribution is 0.475. The number of aromatic nitrogens is 3. The van der Waals surface area contributed by atoms with E-state index >= 15 is 0 Å². The Labute approximate surface area is 106 Å². The van der Waals surface area contributed by atoms with Gasteiger partial charge in [-0.3, -0.25) is 4.40 Å². The van der Waals surface area contributed by atoms with Crippen LogP contribution in [0.3, 0.4) is 0 Å². The van der Waals surface area contributed by atoms with Crippen LogP contribution in [0.25, 0.3) is 17.0 Å². The first-order valence-corrected chi connectivity index (χ1v) is 5.83. The van der Waals surface area contributed by atoms with Gasteiger partial charge in [0.05, 0.1) is 0 Å². The molecule has 0 aliphatic rings. The molecule has 0 aliphatic carbocycles. The first-order chi connectivity index (χ1) is 8.24. The highest BCUT2D eigenvalue weighted by Gasteiger charge is 2.08. The van der Waals surface area contributed by atoms with Gasteiger partial charge in [-0.25, -0.2) is 0 Å². The number of nitrogens with zero attached hydrogens (tertiary/aromatic N) is 3. The topological polar surface area (TPSA) is 50.4 Å². The molecule has 0 amide bonds. The van der Waals surface area contributed by atoms with Crippen molar-refractivity contribution in [1.82, 2.24) is 14.6 Å². The number of phenolic OH excluding ortho intramolecular Hbond substituents is 1. The molecule has 3 rings (SSSR count). The lowest BCUT2D eigenvalue weighted by Crippen LogP contribution is -1.88. The van der Waals surface area contributed by atoms with E-state index in [0.717, 1.165) is 15.7 Å². The minimum atomic E-state index is 0.217. The summed E-state index contributed by atoms with van der Waals surface area (Å²) < 4.78 is 2.82. The zero-order valence-corrected chi connectivity index (χ0v) is 10.3. The Morgan fingerprint density at radius 3 is 2.82 bits per heavy atom. The van der Waals surface area contributed by atoms with E-state index in [1.807, 2.05) is 28.8 Å². The standard InChI is InChI=1S/C12H8BrN3O/c13-9-4-5-11-14-15-12(16(11)7-9)8-2-1-3-10(17)6-8/h1-7,17H. The monoisotopic (exact) mass is 289 g/mol. The van der Waals surface area contributed by atoms with Crippen LogP contribution >= 0.6 is 15.9 Å². The van der Waals surface area contributed by atoms with Crippen molar-refractivity contribution in [3.63, 3.8) is 0 Å². The molecule has 2 aromatic heterocycles. The van der Waals surface area contributed by atoms with Crippen LogP contribution in [0.2, 0.25) is 0 Å². The van der Waals surface area contributed by atoms with Gasteiger partial charge in [-0.1, -0.05) is 12.1 Å². The zero-order valence-electron chi connectivity index (χ0n) is 8.71. The van der Waals surface area contributed by atoms with Crippen LogP contribution in [0.5, 0.6) is 5.75 Å². The average molecular weight is 290 g/mol. The molecule has 0 radical (unpaired) electrons. The summed E-state index contributed by atoms with van der Waals surface area (Å²) in [5.41, 5.74) is 1.60. The first kappa shape index (κ1) is 10.3. The highest BCUT2D eigenvalue weighted by Crippen LogP contribution is 2.23. The summed E-state index contributed by atoms with van der Waals surface area (Å²) >= 11 is 3.41. The molecule has 0 spiro atoms. The summed E-state index contributed by atoms with van der Waals surface area (Å²) in [4.78, 5) is 0. The Morgan fingerprint density at radius 1 is 1.12 bits per heavy atom. The molecule has 2 heterocycles. The van der Waals surface area contributed by atoms with Crippen LogP contribution in [-0.4, -0.2) is 19.7 Å². The largest absolute Gasteiger partial charge is 0.508 e. The van der Waals surface area contributed by atoms with Crippen LogP contribution in [0.1, 0.15) is 0 Å². The van der Waals surface area contributed by atoms with E-state index < -0.39 is 0 Å². The number of phenols is 1. The molecule has 1 N–H and O–H groups in total. The fraction of sp³-hybridized carbons (Fsp3) is 0. The van der Waals surface area contributed by atoms with Gasteiger partial charge < -0.3 is 5.11 Å². The molecule has 0 unspecified atom stereocenters. The van der Waals surface area contributed by atoms with Crippen LogP contribution in [-0.2, 0) is 0 Å². The van der Waals surface area contributed by atoms with Crippen LogP contribution in [0, 0.1) is 0 Å². The third-order valence-electron chi connectivity index (χ3n) is 2.47. The van der Waals surface area contributed by atoms with Crippen molar-refractivity contribution in [1.29, 1.82) is 0 Å². The van der Waals surface area contributed by atoms with E-state index in [2.05, 4.69) is 26.1 Å². The lowest BCUT2D eigenvalue weighted by atomic mass is 10.2. The number of rotatable bonds is 1. The third kappa shape index (κ3) is 1.78. The Hall–Kier alpha value is -1.88. The normalized spacial score (nSPS) is 10.9. The summed E-state index contributed by atoms with van der Waals surface area (Å²) in [5, 5.41) is 17.7. The molecular weight excluding hydrogens is 282 g/mol. The van der Waals surface area contributed by atoms with E-state index in [0.29, 0.717) is 5.82 Å². The van der Waals surface area contributed by atoms with Crippen LogP contribution < -0.4 is 0 Å².